The van der Waals surface area contributed by atoms with E-state index < -0.39 is 5.60 Å². The van der Waals surface area contributed by atoms with Crippen LogP contribution in [0.3, 0.4) is 0 Å². The van der Waals surface area contributed by atoms with Gasteiger partial charge >= 0.3 is 0 Å². The van der Waals surface area contributed by atoms with Crippen LogP contribution in [0.2, 0.25) is 0 Å². The van der Waals surface area contributed by atoms with Gasteiger partial charge in [0.15, 0.2) is 0 Å². The van der Waals surface area contributed by atoms with Crippen LogP contribution in [0.15, 0.2) is 0 Å². The molecule has 0 heterocycles. The Balaban J connectivity index is 2.00. The van der Waals surface area contributed by atoms with Crippen LogP contribution in [0.1, 0.15) is 38.5 Å². The summed E-state index contributed by atoms with van der Waals surface area (Å²) in [5, 5.41) is 10.0. The average molecular weight is 169 g/mol. The zero-order chi connectivity index (χ0) is 8.60. The Bertz CT molecular complexity index is 171. The Kier molecular flexibility index (Phi) is 2.13. The highest BCUT2D eigenvalue weighted by Gasteiger charge is 2.40. The first kappa shape index (κ1) is 8.52. The zero-order valence-corrected chi connectivity index (χ0v) is 7.63. The lowest BCUT2D eigenvalue weighted by Gasteiger charge is -2.38. The van der Waals surface area contributed by atoms with Crippen molar-refractivity contribution in [3.63, 3.8) is 0 Å². The van der Waals surface area contributed by atoms with Gasteiger partial charge in [-0.1, -0.05) is 19.3 Å². The minimum atomic E-state index is -0.508. The van der Waals surface area contributed by atoms with Gasteiger partial charge < -0.3 is 10.8 Å². The van der Waals surface area contributed by atoms with Crippen molar-refractivity contribution in [1.82, 2.24) is 0 Å². The first-order chi connectivity index (χ1) is 5.73. The van der Waals surface area contributed by atoms with Crippen molar-refractivity contribution < 1.29 is 5.11 Å². The molecule has 0 aromatic carbocycles. The van der Waals surface area contributed by atoms with Crippen LogP contribution >= 0.6 is 0 Å². The number of rotatable bonds is 1. The molecule has 3 N–H and O–H groups in total. The van der Waals surface area contributed by atoms with Crippen LogP contribution in [-0.4, -0.2) is 17.3 Å². The molecular weight excluding hydrogens is 150 g/mol. The molecule has 0 amide bonds. The van der Waals surface area contributed by atoms with Crippen molar-refractivity contribution in [3.8, 4) is 0 Å². The van der Waals surface area contributed by atoms with E-state index in [0.29, 0.717) is 6.54 Å². The summed E-state index contributed by atoms with van der Waals surface area (Å²) in [5.41, 5.74) is 5.06. The van der Waals surface area contributed by atoms with Gasteiger partial charge in [-0.05, 0) is 31.1 Å². The van der Waals surface area contributed by atoms with Gasteiger partial charge in [0.05, 0.1) is 5.60 Å². The summed E-state index contributed by atoms with van der Waals surface area (Å²) in [5.74, 6) is 1.70. The standard InChI is InChI=1S/C10H19NO/c11-7-10(12)5-4-8-2-1-3-9(8)6-10/h8-9,12H,1-7,11H2. The monoisotopic (exact) mass is 169 g/mol. The predicted octanol–water partition coefficient (Wildman–Crippen LogP) is 1.28. The number of nitrogens with two attached hydrogens (primary N) is 1. The van der Waals surface area contributed by atoms with Crippen molar-refractivity contribution in [3.05, 3.63) is 0 Å². The quantitative estimate of drug-likeness (QED) is 0.621. The highest BCUT2D eigenvalue weighted by Crippen LogP contribution is 2.45. The highest BCUT2D eigenvalue weighted by atomic mass is 16.3. The molecule has 2 nitrogen and oxygen atoms in total. The third-order valence-electron chi connectivity index (χ3n) is 3.82. The lowest BCUT2D eigenvalue weighted by atomic mass is 9.73. The molecule has 2 fully saturated rings. The molecule has 0 bridgehead atoms. The number of hydrogen-bond acceptors (Lipinski definition) is 2. The average Bonchev–Trinajstić information content (AvgIpc) is 2.51. The van der Waals surface area contributed by atoms with Crippen molar-refractivity contribution in [2.24, 2.45) is 17.6 Å². The summed E-state index contributed by atoms with van der Waals surface area (Å²) in [4.78, 5) is 0. The summed E-state index contributed by atoms with van der Waals surface area (Å²) < 4.78 is 0. The van der Waals surface area contributed by atoms with E-state index in [1.54, 1.807) is 0 Å². The van der Waals surface area contributed by atoms with E-state index >= 15 is 0 Å². The molecule has 0 saturated heterocycles. The van der Waals surface area contributed by atoms with Crippen LogP contribution in [-0.2, 0) is 0 Å². The Labute approximate surface area is 74.1 Å². The molecule has 0 aromatic heterocycles. The molecule has 0 aliphatic heterocycles. The first-order valence-electron chi connectivity index (χ1n) is 5.16. The second kappa shape index (κ2) is 3.00. The van der Waals surface area contributed by atoms with Crippen molar-refractivity contribution in [2.45, 2.75) is 44.1 Å². The van der Waals surface area contributed by atoms with Gasteiger partial charge in [-0.15, -0.1) is 0 Å². The van der Waals surface area contributed by atoms with Crippen molar-refractivity contribution >= 4 is 0 Å². The van der Waals surface area contributed by atoms with Gasteiger partial charge in [-0.2, -0.15) is 0 Å². The van der Waals surface area contributed by atoms with Crippen LogP contribution < -0.4 is 5.73 Å². The lowest BCUT2D eigenvalue weighted by Crippen LogP contribution is -2.43. The molecule has 2 rings (SSSR count). The lowest BCUT2D eigenvalue weighted by molar-refractivity contribution is -0.0206. The maximum atomic E-state index is 10.0. The van der Waals surface area contributed by atoms with Crippen LogP contribution in [0.4, 0.5) is 0 Å². The molecule has 2 aliphatic rings. The van der Waals surface area contributed by atoms with E-state index in [2.05, 4.69) is 0 Å². The summed E-state index contributed by atoms with van der Waals surface area (Å²) in [7, 11) is 0. The van der Waals surface area contributed by atoms with E-state index in [1.807, 2.05) is 0 Å². The summed E-state index contributed by atoms with van der Waals surface area (Å²) >= 11 is 0. The minimum Gasteiger partial charge on any atom is -0.389 e. The van der Waals surface area contributed by atoms with E-state index in [-0.39, 0.29) is 0 Å². The molecular formula is C10H19NO. The SMILES string of the molecule is NCC1(O)CCC2CCCC2C1. The van der Waals surface area contributed by atoms with E-state index in [0.717, 1.165) is 24.7 Å². The number of hydrogen-bond donors (Lipinski definition) is 2. The van der Waals surface area contributed by atoms with Gasteiger partial charge in [-0.25, -0.2) is 0 Å². The van der Waals surface area contributed by atoms with Crippen molar-refractivity contribution in [2.75, 3.05) is 6.54 Å². The molecule has 3 atom stereocenters. The van der Waals surface area contributed by atoms with E-state index in [4.69, 9.17) is 5.73 Å². The van der Waals surface area contributed by atoms with Crippen molar-refractivity contribution in [1.29, 1.82) is 0 Å². The summed E-state index contributed by atoms with van der Waals surface area (Å²) in [6, 6.07) is 0. The number of fused-ring (bicyclic) bond motifs is 1. The Morgan fingerprint density at radius 1 is 1.25 bits per heavy atom. The molecule has 2 heteroatoms. The predicted molar refractivity (Wildman–Crippen MR) is 48.7 cm³/mol. The Morgan fingerprint density at radius 3 is 2.75 bits per heavy atom. The van der Waals surface area contributed by atoms with Gasteiger partial charge in [0, 0.05) is 6.54 Å². The normalized spacial score (nSPS) is 47.5. The number of aliphatic hydroxyl groups is 1. The topological polar surface area (TPSA) is 46.2 Å². The highest BCUT2D eigenvalue weighted by molar-refractivity contribution is 4.93. The van der Waals surface area contributed by atoms with E-state index in [9.17, 15) is 5.11 Å². The fourth-order valence-corrected chi connectivity index (χ4v) is 2.99. The minimum absolute atomic E-state index is 0.455. The molecule has 2 aliphatic carbocycles. The summed E-state index contributed by atoms with van der Waals surface area (Å²) in [6.07, 6.45) is 7.20. The molecule has 70 valence electrons. The molecule has 12 heavy (non-hydrogen) atoms. The first-order valence-corrected chi connectivity index (χ1v) is 5.16. The van der Waals surface area contributed by atoms with Gasteiger partial charge in [0.25, 0.3) is 0 Å². The third-order valence-corrected chi connectivity index (χ3v) is 3.82. The molecule has 0 spiro atoms. The fourth-order valence-electron chi connectivity index (χ4n) is 2.99. The second-order valence-corrected chi connectivity index (χ2v) is 4.62. The molecule has 0 radical (unpaired) electrons. The Morgan fingerprint density at radius 2 is 2.00 bits per heavy atom. The van der Waals surface area contributed by atoms with Gasteiger partial charge in [0.1, 0.15) is 0 Å². The van der Waals surface area contributed by atoms with Crippen LogP contribution in [0.25, 0.3) is 0 Å². The molecule has 0 aromatic rings. The third kappa shape index (κ3) is 1.38. The molecule has 3 unspecified atom stereocenters. The maximum absolute atomic E-state index is 10.0. The second-order valence-electron chi connectivity index (χ2n) is 4.62. The fraction of sp³-hybridized carbons (Fsp3) is 1.00. The van der Waals surface area contributed by atoms with Crippen LogP contribution in [0.5, 0.6) is 0 Å². The van der Waals surface area contributed by atoms with Gasteiger partial charge in [0.2, 0.25) is 0 Å². The zero-order valence-electron chi connectivity index (χ0n) is 7.63. The van der Waals surface area contributed by atoms with Crippen LogP contribution in [0, 0.1) is 11.8 Å². The molecule has 2 saturated carbocycles. The smallest absolute Gasteiger partial charge is 0.0772 e. The largest absolute Gasteiger partial charge is 0.389 e. The Hall–Kier alpha value is -0.0800. The van der Waals surface area contributed by atoms with E-state index in [1.165, 1.54) is 25.7 Å². The summed E-state index contributed by atoms with van der Waals surface area (Å²) in [6.45, 7) is 0.455. The van der Waals surface area contributed by atoms with Gasteiger partial charge in [-0.3, -0.25) is 0 Å². The maximum Gasteiger partial charge on any atom is 0.0772 e.